The van der Waals surface area contributed by atoms with Crippen molar-refractivity contribution in [2.45, 2.75) is 12.8 Å². The Morgan fingerprint density at radius 2 is 1.90 bits per heavy atom. The van der Waals surface area contributed by atoms with Gasteiger partial charge in [-0.1, -0.05) is 0 Å². The molecule has 0 fully saturated rings. The molecule has 0 spiro atoms. The summed E-state index contributed by atoms with van der Waals surface area (Å²) in [6, 6.07) is 4.25. The molecule has 0 N–H and O–H groups in total. The van der Waals surface area contributed by atoms with Crippen LogP contribution in [0.5, 0.6) is 5.75 Å². The molecule has 2 nitrogen and oxygen atoms in total. The minimum atomic E-state index is -4.75. The summed E-state index contributed by atoms with van der Waals surface area (Å²) in [5.74, 6) is -1.38. The molecule has 106 valence electrons. The van der Waals surface area contributed by atoms with Gasteiger partial charge in [0, 0.05) is 22.4 Å². The van der Waals surface area contributed by atoms with E-state index in [1.54, 1.807) is 12.3 Å². The summed E-state index contributed by atoms with van der Waals surface area (Å²) in [6.07, 6.45) is -1.65. The Hall–Kier alpha value is -1.63. The summed E-state index contributed by atoms with van der Waals surface area (Å²) in [6.45, 7) is 0.0371. The molecular weight excluding hydrogens is 342 g/mol. The molecule has 0 radical (unpaired) electrons. The molecule has 0 bridgehead atoms. The first kappa shape index (κ1) is 14.8. The lowest BCUT2D eigenvalue weighted by Crippen LogP contribution is -2.08. The van der Waals surface area contributed by atoms with Gasteiger partial charge in [0.1, 0.15) is 18.2 Å². The first-order chi connectivity index (χ1) is 9.36. The van der Waals surface area contributed by atoms with Crippen LogP contribution in [-0.2, 0) is 12.8 Å². The van der Waals surface area contributed by atoms with Crippen LogP contribution in [0.15, 0.2) is 41.1 Å². The number of hydrogen-bond donors (Lipinski definition) is 0. The summed E-state index contributed by atoms with van der Waals surface area (Å²) >= 11 is 3.22. The number of nitrogens with zero attached hydrogens (tertiary/aromatic N) is 1. The fourth-order valence-corrected chi connectivity index (χ4v) is 1.93. The van der Waals surface area contributed by atoms with Gasteiger partial charge < -0.3 is 4.74 Å². The molecule has 2 rings (SSSR count). The van der Waals surface area contributed by atoms with E-state index < -0.39 is 17.6 Å². The average molecular weight is 350 g/mol. The molecule has 7 heteroatoms. The second-order valence-corrected chi connectivity index (χ2v) is 4.86. The highest BCUT2D eigenvalue weighted by molar-refractivity contribution is 9.10. The Labute approximate surface area is 120 Å². The fraction of sp³-hybridized carbons (Fsp3) is 0.154. The van der Waals surface area contributed by atoms with Gasteiger partial charge in [0.25, 0.3) is 0 Å². The number of benzene rings is 1. The minimum absolute atomic E-state index is 0.0371. The fourth-order valence-electron chi connectivity index (χ4n) is 1.51. The van der Waals surface area contributed by atoms with Crippen molar-refractivity contribution < 1.29 is 22.3 Å². The second kappa shape index (κ2) is 5.78. The molecule has 20 heavy (non-hydrogen) atoms. The van der Waals surface area contributed by atoms with Crippen molar-refractivity contribution in [3.05, 3.63) is 58.1 Å². The van der Waals surface area contributed by atoms with Crippen molar-refractivity contribution in [2.24, 2.45) is 0 Å². The first-order valence-electron chi connectivity index (χ1n) is 5.45. The molecule has 1 aromatic carbocycles. The minimum Gasteiger partial charge on any atom is -0.489 e. The summed E-state index contributed by atoms with van der Waals surface area (Å²) < 4.78 is 56.6. The van der Waals surface area contributed by atoms with Crippen LogP contribution >= 0.6 is 15.9 Å². The van der Waals surface area contributed by atoms with Crippen LogP contribution in [0.2, 0.25) is 0 Å². The maximum Gasteiger partial charge on any atom is 0.419 e. The number of alkyl halides is 3. The lowest BCUT2D eigenvalue weighted by atomic mass is 10.2. The Morgan fingerprint density at radius 1 is 1.15 bits per heavy atom. The molecule has 1 heterocycles. The topological polar surface area (TPSA) is 22.1 Å². The molecule has 0 aliphatic rings. The SMILES string of the molecule is Fc1ccc(OCc2cncc(Br)c2)cc1C(F)(F)F. The number of ether oxygens (including phenoxy) is 1. The van der Waals surface area contributed by atoms with Gasteiger partial charge in [0.05, 0.1) is 5.56 Å². The van der Waals surface area contributed by atoms with E-state index in [9.17, 15) is 17.6 Å². The molecule has 0 atom stereocenters. The number of pyridine rings is 1. The van der Waals surface area contributed by atoms with Crippen molar-refractivity contribution in [1.82, 2.24) is 4.98 Å². The van der Waals surface area contributed by atoms with Crippen molar-refractivity contribution in [2.75, 3.05) is 0 Å². The highest BCUT2D eigenvalue weighted by Gasteiger charge is 2.34. The van der Waals surface area contributed by atoms with Crippen LogP contribution in [0.1, 0.15) is 11.1 Å². The molecule has 0 saturated heterocycles. The van der Waals surface area contributed by atoms with Crippen LogP contribution in [0.4, 0.5) is 17.6 Å². The third-order valence-corrected chi connectivity index (χ3v) is 2.84. The van der Waals surface area contributed by atoms with Crippen LogP contribution in [0, 0.1) is 5.82 Å². The van der Waals surface area contributed by atoms with E-state index in [0.29, 0.717) is 11.6 Å². The summed E-state index contributed by atoms with van der Waals surface area (Å²) in [4.78, 5) is 3.90. The van der Waals surface area contributed by atoms with Crippen LogP contribution in [0.25, 0.3) is 0 Å². The third-order valence-electron chi connectivity index (χ3n) is 2.41. The highest BCUT2D eigenvalue weighted by atomic mass is 79.9. The summed E-state index contributed by atoms with van der Waals surface area (Å²) in [5.41, 5.74) is -0.667. The molecular formula is C13H8BrF4NO. The standard InChI is InChI=1S/C13H8BrF4NO/c14-9-3-8(5-19-6-9)7-20-10-1-2-12(15)11(4-10)13(16,17)18/h1-6H,7H2. The lowest BCUT2D eigenvalue weighted by Gasteiger charge is -2.11. The Bertz CT molecular complexity index is 616. The van der Waals surface area contributed by atoms with Gasteiger partial charge >= 0.3 is 6.18 Å². The van der Waals surface area contributed by atoms with Crippen LogP contribution in [0.3, 0.4) is 0 Å². The maximum absolute atomic E-state index is 13.1. The molecule has 0 unspecified atom stereocenters. The van der Waals surface area contributed by atoms with E-state index in [1.807, 2.05) is 0 Å². The largest absolute Gasteiger partial charge is 0.489 e. The van der Waals surface area contributed by atoms with Gasteiger partial charge in [-0.15, -0.1) is 0 Å². The number of halogens is 5. The van der Waals surface area contributed by atoms with Crippen molar-refractivity contribution in [3.8, 4) is 5.75 Å². The molecule has 0 saturated carbocycles. The summed E-state index contributed by atoms with van der Waals surface area (Å²) in [5, 5.41) is 0. The van der Waals surface area contributed by atoms with Crippen LogP contribution in [-0.4, -0.2) is 4.98 Å². The quantitative estimate of drug-likeness (QED) is 0.756. The molecule has 0 aliphatic carbocycles. The van der Waals surface area contributed by atoms with Crippen LogP contribution < -0.4 is 4.74 Å². The van der Waals surface area contributed by atoms with E-state index in [-0.39, 0.29) is 12.4 Å². The number of aromatic nitrogens is 1. The van der Waals surface area contributed by atoms with Gasteiger partial charge in [-0.3, -0.25) is 4.98 Å². The lowest BCUT2D eigenvalue weighted by molar-refractivity contribution is -0.140. The van der Waals surface area contributed by atoms with Gasteiger partial charge in [0.2, 0.25) is 0 Å². The van der Waals surface area contributed by atoms with E-state index >= 15 is 0 Å². The zero-order valence-corrected chi connectivity index (χ0v) is 11.5. The van der Waals surface area contributed by atoms with Crippen molar-refractivity contribution >= 4 is 15.9 Å². The van der Waals surface area contributed by atoms with E-state index in [4.69, 9.17) is 4.74 Å². The zero-order valence-electron chi connectivity index (χ0n) is 9.92. The molecule has 0 aliphatic heterocycles. The summed E-state index contributed by atoms with van der Waals surface area (Å²) in [7, 11) is 0. The normalized spacial score (nSPS) is 11.4. The number of hydrogen-bond acceptors (Lipinski definition) is 2. The molecule has 2 aromatic rings. The van der Waals surface area contributed by atoms with Gasteiger partial charge in [-0.2, -0.15) is 13.2 Å². The smallest absolute Gasteiger partial charge is 0.419 e. The Kier molecular flexibility index (Phi) is 4.27. The Balaban J connectivity index is 2.14. The highest BCUT2D eigenvalue weighted by Crippen LogP contribution is 2.33. The average Bonchev–Trinajstić information content (AvgIpc) is 2.36. The predicted octanol–water partition coefficient (Wildman–Crippen LogP) is 4.58. The maximum atomic E-state index is 13.1. The van der Waals surface area contributed by atoms with Crippen molar-refractivity contribution in [3.63, 3.8) is 0 Å². The molecule has 1 aromatic heterocycles. The first-order valence-corrected chi connectivity index (χ1v) is 6.24. The monoisotopic (exact) mass is 349 g/mol. The molecule has 0 amide bonds. The Morgan fingerprint density at radius 3 is 2.55 bits per heavy atom. The number of rotatable bonds is 3. The van der Waals surface area contributed by atoms with Gasteiger partial charge in [-0.25, -0.2) is 4.39 Å². The third kappa shape index (κ3) is 3.69. The van der Waals surface area contributed by atoms with Gasteiger partial charge in [-0.05, 0) is 40.2 Å². The van der Waals surface area contributed by atoms with Gasteiger partial charge in [0.15, 0.2) is 0 Å². The second-order valence-electron chi connectivity index (χ2n) is 3.94. The predicted molar refractivity (Wildman–Crippen MR) is 67.7 cm³/mol. The van der Waals surface area contributed by atoms with E-state index in [1.165, 1.54) is 6.20 Å². The zero-order chi connectivity index (χ0) is 14.8. The van der Waals surface area contributed by atoms with Crippen molar-refractivity contribution in [1.29, 1.82) is 0 Å². The van der Waals surface area contributed by atoms with E-state index in [2.05, 4.69) is 20.9 Å². The van der Waals surface area contributed by atoms with E-state index in [0.717, 1.165) is 16.6 Å².